The number of hydrogen-bond donors (Lipinski definition) is 1. The Bertz CT molecular complexity index is 544. The zero-order chi connectivity index (χ0) is 15.5. The van der Waals surface area contributed by atoms with Gasteiger partial charge in [0.25, 0.3) is 0 Å². The highest BCUT2D eigenvalue weighted by atomic mass is 19.1. The number of hydrogen-bond acceptors (Lipinski definition) is 2. The topological polar surface area (TPSA) is 32.3 Å². The predicted octanol–water partition coefficient (Wildman–Crippen LogP) is 3.73. The number of piperidine rings is 1. The third-order valence-corrected chi connectivity index (χ3v) is 5.18. The number of rotatable bonds is 3. The van der Waals surface area contributed by atoms with Crippen molar-refractivity contribution in [3.05, 3.63) is 29.6 Å². The van der Waals surface area contributed by atoms with Crippen LogP contribution in [0.5, 0.6) is 0 Å². The smallest absolute Gasteiger partial charge is 0.242 e. The van der Waals surface area contributed by atoms with Gasteiger partial charge < -0.3 is 10.2 Å². The summed E-state index contributed by atoms with van der Waals surface area (Å²) < 4.78 is 13.5. The highest BCUT2D eigenvalue weighted by Crippen LogP contribution is 2.35. The van der Waals surface area contributed by atoms with Crippen molar-refractivity contribution in [2.75, 3.05) is 18.4 Å². The molecule has 0 radical (unpaired) electrons. The van der Waals surface area contributed by atoms with E-state index in [1.165, 1.54) is 31.7 Å². The van der Waals surface area contributed by atoms with Gasteiger partial charge in [-0.25, -0.2) is 4.39 Å². The molecule has 3 rings (SSSR count). The number of likely N-dealkylation sites (tertiary alicyclic amines) is 1. The van der Waals surface area contributed by atoms with E-state index in [0.29, 0.717) is 23.2 Å². The molecule has 2 aliphatic rings. The first-order valence-electron chi connectivity index (χ1n) is 8.44. The number of amides is 1. The fourth-order valence-corrected chi connectivity index (χ4v) is 3.92. The lowest BCUT2D eigenvalue weighted by molar-refractivity contribution is -0.135. The summed E-state index contributed by atoms with van der Waals surface area (Å²) in [5, 5.41) is 3.07. The molecule has 2 unspecified atom stereocenters. The maximum absolute atomic E-state index is 13.5. The van der Waals surface area contributed by atoms with Crippen LogP contribution in [-0.2, 0) is 4.79 Å². The van der Waals surface area contributed by atoms with Crippen LogP contribution in [0.3, 0.4) is 0 Å². The van der Waals surface area contributed by atoms with Crippen LogP contribution in [0.1, 0.15) is 44.1 Å². The summed E-state index contributed by atoms with van der Waals surface area (Å²) in [6, 6.07) is 5.46. The molecule has 1 heterocycles. The summed E-state index contributed by atoms with van der Waals surface area (Å²) in [4.78, 5) is 14.6. The van der Waals surface area contributed by atoms with Crippen LogP contribution in [0.2, 0.25) is 0 Å². The van der Waals surface area contributed by atoms with E-state index < -0.39 is 0 Å². The first-order chi connectivity index (χ1) is 10.6. The van der Waals surface area contributed by atoms with Crippen LogP contribution in [0.15, 0.2) is 18.2 Å². The third kappa shape index (κ3) is 3.26. The molecule has 1 aliphatic heterocycles. The second-order valence-electron chi connectivity index (χ2n) is 6.66. The number of fused-ring (bicyclic) bond motifs is 1. The lowest BCUT2D eigenvalue weighted by atomic mass is 9.78. The quantitative estimate of drug-likeness (QED) is 0.923. The Morgan fingerprint density at radius 1 is 1.27 bits per heavy atom. The minimum absolute atomic E-state index is 0.151. The van der Waals surface area contributed by atoms with E-state index in [4.69, 9.17) is 0 Å². The Hall–Kier alpha value is -1.58. The van der Waals surface area contributed by atoms with E-state index in [1.54, 1.807) is 13.0 Å². The minimum Gasteiger partial charge on any atom is -0.376 e. The van der Waals surface area contributed by atoms with Gasteiger partial charge in [-0.15, -0.1) is 0 Å². The molecule has 1 aliphatic carbocycles. The van der Waals surface area contributed by atoms with Gasteiger partial charge in [-0.1, -0.05) is 18.9 Å². The van der Waals surface area contributed by atoms with Crippen molar-refractivity contribution in [2.45, 2.75) is 51.5 Å². The average molecular weight is 304 g/mol. The van der Waals surface area contributed by atoms with Gasteiger partial charge in [-0.2, -0.15) is 0 Å². The number of aryl methyl sites for hydroxylation is 1. The zero-order valence-electron chi connectivity index (χ0n) is 13.3. The van der Waals surface area contributed by atoms with E-state index in [-0.39, 0.29) is 18.3 Å². The summed E-state index contributed by atoms with van der Waals surface area (Å²) in [6.45, 7) is 2.87. The summed E-state index contributed by atoms with van der Waals surface area (Å²) in [6.07, 6.45) is 7.35. The van der Waals surface area contributed by atoms with E-state index in [2.05, 4.69) is 10.2 Å². The van der Waals surface area contributed by atoms with Crippen molar-refractivity contribution >= 4 is 11.6 Å². The second kappa shape index (κ2) is 6.67. The second-order valence-corrected chi connectivity index (χ2v) is 6.66. The molecule has 1 aromatic rings. The summed E-state index contributed by atoms with van der Waals surface area (Å²) in [5.41, 5.74) is 1.30. The van der Waals surface area contributed by atoms with Crippen molar-refractivity contribution in [1.82, 2.24) is 4.90 Å². The van der Waals surface area contributed by atoms with Crippen molar-refractivity contribution < 1.29 is 9.18 Å². The monoisotopic (exact) mass is 304 g/mol. The summed E-state index contributed by atoms with van der Waals surface area (Å²) >= 11 is 0. The van der Waals surface area contributed by atoms with Crippen LogP contribution in [0.4, 0.5) is 10.1 Å². The molecule has 1 aromatic carbocycles. The number of nitrogens with one attached hydrogen (secondary N) is 1. The minimum atomic E-state index is -0.234. The number of carbonyl (C=O) groups excluding carboxylic acids is 1. The normalized spacial score (nSPS) is 24.7. The van der Waals surface area contributed by atoms with Gasteiger partial charge in [0, 0.05) is 18.3 Å². The molecule has 0 aromatic heterocycles. The number of nitrogens with zero attached hydrogens (tertiary/aromatic N) is 1. The first kappa shape index (κ1) is 15.3. The SMILES string of the molecule is Cc1ccc(NCC(=O)N2CCCC3CCCCC32)cc1F. The summed E-state index contributed by atoms with van der Waals surface area (Å²) in [5.74, 6) is 0.614. The lowest BCUT2D eigenvalue weighted by Crippen LogP contribution is -2.51. The average Bonchev–Trinajstić information content (AvgIpc) is 2.55. The van der Waals surface area contributed by atoms with Gasteiger partial charge in [0.1, 0.15) is 5.82 Å². The number of benzene rings is 1. The maximum Gasteiger partial charge on any atom is 0.242 e. The van der Waals surface area contributed by atoms with Crippen molar-refractivity contribution in [2.24, 2.45) is 5.92 Å². The van der Waals surface area contributed by atoms with E-state index >= 15 is 0 Å². The van der Waals surface area contributed by atoms with E-state index in [0.717, 1.165) is 19.4 Å². The highest BCUT2D eigenvalue weighted by Gasteiger charge is 2.35. The standard InChI is InChI=1S/C18H25FN2O/c1-13-8-9-15(11-16(13)19)20-12-18(22)21-10-4-6-14-5-2-3-7-17(14)21/h8-9,11,14,17,20H,2-7,10,12H2,1H3. The Morgan fingerprint density at radius 2 is 2.05 bits per heavy atom. The molecule has 1 saturated carbocycles. The molecule has 2 fully saturated rings. The number of anilines is 1. The molecule has 2 atom stereocenters. The van der Waals surface area contributed by atoms with Gasteiger partial charge >= 0.3 is 0 Å². The molecule has 0 spiro atoms. The molecule has 3 nitrogen and oxygen atoms in total. The van der Waals surface area contributed by atoms with Crippen LogP contribution in [0.25, 0.3) is 0 Å². The predicted molar refractivity (Wildman–Crippen MR) is 86.3 cm³/mol. The number of carbonyl (C=O) groups is 1. The largest absolute Gasteiger partial charge is 0.376 e. The highest BCUT2D eigenvalue weighted by molar-refractivity contribution is 5.81. The zero-order valence-corrected chi connectivity index (χ0v) is 13.3. The third-order valence-electron chi connectivity index (χ3n) is 5.18. The Morgan fingerprint density at radius 3 is 2.86 bits per heavy atom. The molecule has 1 amide bonds. The first-order valence-corrected chi connectivity index (χ1v) is 8.44. The Balaban J connectivity index is 1.59. The molecule has 22 heavy (non-hydrogen) atoms. The molecule has 1 saturated heterocycles. The van der Waals surface area contributed by atoms with E-state index in [1.807, 2.05) is 6.07 Å². The molecule has 120 valence electrons. The van der Waals surface area contributed by atoms with Crippen LogP contribution in [-0.4, -0.2) is 29.9 Å². The molecule has 1 N–H and O–H groups in total. The molecule has 4 heteroatoms. The van der Waals surface area contributed by atoms with E-state index in [9.17, 15) is 9.18 Å². The Labute approximate surface area is 131 Å². The van der Waals surface area contributed by atoms with Crippen LogP contribution in [0, 0.1) is 18.7 Å². The maximum atomic E-state index is 13.5. The molecular weight excluding hydrogens is 279 g/mol. The molecule has 0 bridgehead atoms. The lowest BCUT2D eigenvalue weighted by Gasteiger charge is -2.44. The Kier molecular flexibility index (Phi) is 4.65. The van der Waals surface area contributed by atoms with Crippen molar-refractivity contribution in [3.8, 4) is 0 Å². The fraction of sp³-hybridized carbons (Fsp3) is 0.611. The van der Waals surface area contributed by atoms with Gasteiger partial charge in [-0.3, -0.25) is 4.79 Å². The van der Waals surface area contributed by atoms with Gasteiger partial charge in [0.2, 0.25) is 5.91 Å². The van der Waals surface area contributed by atoms with Crippen LogP contribution < -0.4 is 5.32 Å². The van der Waals surface area contributed by atoms with Gasteiger partial charge in [0.15, 0.2) is 0 Å². The van der Waals surface area contributed by atoms with Crippen LogP contribution >= 0.6 is 0 Å². The molecular formula is C18H25FN2O. The fourth-order valence-electron chi connectivity index (χ4n) is 3.92. The van der Waals surface area contributed by atoms with Gasteiger partial charge in [-0.05, 0) is 56.2 Å². The summed E-state index contributed by atoms with van der Waals surface area (Å²) in [7, 11) is 0. The van der Waals surface area contributed by atoms with Gasteiger partial charge in [0.05, 0.1) is 6.54 Å². The van der Waals surface area contributed by atoms with Crippen molar-refractivity contribution in [1.29, 1.82) is 0 Å². The van der Waals surface area contributed by atoms with Crippen molar-refractivity contribution in [3.63, 3.8) is 0 Å². The number of halogens is 1.